The van der Waals surface area contributed by atoms with Crippen molar-refractivity contribution in [3.05, 3.63) is 29.8 Å². The quantitative estimate of drug-likeness (QED) is 0.882. The minimum absolute atomic E-state index is 0.638. The molecule has 0 amide bonds. The van der Waals surface area contributed by atoms with Gasteiger partial charge in [0.25, 0.3) is 0 Å². The lowest BCUT2D eigenvalue weighted by atomic mass is 9.90. The maximum absolute atomic E-state index is 5.28. The summed E-state index contributed by atoms with van der Waals surface area (Å²) in [5.41, 5.74) is 1.35. The summed E-state index contributed by atoms with van der Waals surface area (Å²) in [5, 5.41) is 3.38. The van der Waals surface area contributed by atoms with Gasteiger partial charge in [-0.25, -0.2) is 0 Å². The highest BCUT2D eigenvalue weighted by atomic mass is 16.5. The van der Waals surface area contributed by atoms with Gasteiger partial charge in [-0.1, -0.05) is 12.1 Å². The van der Waals surface area contributed by atoms with Crippen LogP contribution >= 0.6 is 0 Å². The van der Waals surface area contributed by atoms with E-state index in [9.17, 15) is 0 Å². The average Bonchev–Trinajstić information content (AvgIpc) is 2.47. The second-order valence-corrected chi connectivity index (χ2v) is 5.54. The van der Waals surface area contributed by atoms with E-state index in [1.807, 2.05) is 6.07 Å². The molecule has 3 heteroatoms. The Kier molecular flexibility index (Phi) is 5.23. The largest absolute Gasteiger partial charge is 0.497 e. The zero-order valence-corrected chi connectivity index (χ0v) is 12.4. The number of hydrogen-bond donors (Lipinski definition) is 1. The fraction of sp³-hybridized carbons (Fsp3) is 0.625. The molecule has 0 aromatic heterocycles. The number of ether oxygens (including phenoxy) is 1. The highest BCUT2D eigenvalue weighted by Crippen LogP contribution is 2.22. The number of hydrogen-bond acceptors (Lipinski definition) is 3. The van der Waals surface area contributed by atoms with Crippen molar-refractivity contribution in [3.63, 3.8) is 0 Å². The van der Waals surface area contributed by atoms with Crippen molar-refractivity contribution in [2.45, 2.75) is 32.4 Å². The second-order valence-electron chi connectivity index (χ2n) is 5.54. The van der Waals surface area contributed by atoms with Crippen LogP contribution in [0.1, 0.15) is 25.3 Å². The number of nitrogens with one attached hydrogen (secondary N) is 1. The SMILES string of the molecule is CNC(C)C1CCN(Cc2cccc(OC)c2)CC1. The Morgan fingerprint density at radius 2 is 2.11 bits per heavy atom. The van der Waals surface area contributed by atoms with Crippen molar-refractivity contribution < 1.29 is 4.74 Å². The van der Waals surface area contributed by atoms with Crippen LogP contribution in [0.3, 0.4) is 0 Å². The molecule has 1 aliphatic rings. The lowest BCUT2D eigenvalue weighted by Crippen LogP contribution is -2.40. The van der Waals surface area contributed by atoms with Gasteiger partial charge in [-0.15, -0.1) is 0 Å². The number of methoxy groups -OCH3 is 1. The van der Waals surface area contributed by atoms with Crippen molar-refractivity contribution in [1.82, 2.24) is 10.2 Å². The first-order valence-electron chi connectivity index (χ1n) is 7.25. The fourth-order valence-corrected chi connectivity index (χ4v) is 2.88. The normalized spacial score (nSPS) is 19.3. The summed E-state index contributed by atoms with van der Waals surface area (Å²) in [7, 11) is 3.79. The summed E-state index contributed by atoms with van der Waals surface area (Å²) < 4.78 is 5.28. The molecule has 1 saturated heterocycles. The van der Waals surface area contributed by atoms with Gasteiger partial charge in [0, 0.05) is 12.6 Å². The van der Waals surface area contributed by atoms with E-state index in [-0.39, 0.29) is 0 Å². The van der Waals surface area contributed by atoms with E-state index >= 15 is 0 Å². The van der Waals surface area contributed by atoms with Gasteiger partial charge in [0.1, 0.15) is 5.75 Å². The average molecular weight is 262 g/mol. The number of nitrogens with zero attached hydrogens (tertiary/aromatic N) is 1. The predicted molar refractivity (Wildman–Crippen MR) is 79.5 cm³/mol. The molecule has 1 aromatic carbocycles. The molecule has 0 saturated carbocycles. The third-order valence-electron chi connectivity index (χ3n) is 4.34. The molecule has 1 fully saturated rings. The maximum Gasteiger partial charge on any atom is 0.119 e. The van der Waals surface area contributed by atoms with Gasteiger partial charge in [-0.2, -0.15) is 0 Å². The van der Waals surface area contributed by atoms with Crippen LogP contribution in [0.15, 0.2) is 24.3 Å². The Morgan fingerprint density at radius 1 is 1.37 bits per heavy atom. The topological polar surface area (TPSA) is 24.5 Å². The van der Waals surface area contributed by atoms with Crippen LogP contribution in [0.4, 0.5) is 0 Å². The van der Waals surface area contributed by atoms with E-state index in [2.05, 4.69) is 42.4 Å². The van der Waals surface area contributed by atoms with Crippen LogP contribution in [0, 0.1) is 5.92 Å². The third kappa shape index (κ3) is 3.95. The molecule has 1 atom stereocenters. The van der Waals surface area contributed by atoms with Crippen LogP contribution in [0.2, 0.25) is 0 Å². The van der Waals surface area contributed by atoms with Gasteiger partial charge in [-0.05, 0) is 63.5 Å². The van der Waals surface area contributed by atoms with Gasteiger partial charge in [0.05, 0.1) is 7.11 Å². The lowest BCUT2D eigenvalue weighted by Gasteiger charge is -2.34. The summed E-state index contributed by atoms with van der Waals surface area (Å²) in [4.78, 5) is 2.55. The molecule has 0 bridgehead atoms. The van der Waals surface area contributed by atoms with Gasteiger partial charge in [0.15, 0.2) is 0 Å². The zero-order chi connectivity index (χ0) is 13.7. The number of rotatable bonds is 5. The van der Waals surface area contributed by atoms with Crippen molar-refractivity contribution in [2.24, 2.45) is 5.92 Å². The maximum atomic E-state index is 5.28. The van der Waals surface area contributed by atoms with Crippen molar-refractivity contribution in [2.75, 3.05) is 27.2 Å². The van der Waals surface area contributed by atoms with E-state index in [0.29, 0.717) is 6.04 Å². The predicted octanol–water partition coefficient (Wildman–Crippen LogP) is 2.52. The molecule has 1 heterocycles. The van der Waals surface area contributed by atoms with Crippen molar-refractivity contribution in [3.8, 4) is 5.75 Å². The van der Waals surface area contributed by atoms with E-state index < -0.39 is 0 Å². The molecule has 0 aliphatic carbocycles. The number of benzene rings is 1. The number of likely N-dealkylation sites (tertiary alicyclic amines) is 1. The molecule has 0 radical (unpaired) electrons. The van der Waals surface area contributed by atoms with Crippen molar-refractivity contribution in [1.29, 1.82) is 0 Å². The Hall–Kier alpha value is -1.06. The fourth-order valence-electron chi connectivity index (χ4n) is 2.88. The molecular weight excluding hydrogens is 236 g/mol. The van der Waals surface area contributed by atoms with E-state index in [4.69, 9.17) is 4.74 Å². The summed E-state index contributed by atoms with van der Waals surface area (Å²) in [5.74, 6) is 1.78. The molecule has 1 N–H and O–H groups in total. The highest BCUT2D eigenvalue weighted by Gasteiger charge is 2.22. The summed E-state index contributed by atoms with van der Waals surface area (Å²) in [6.45, 7) is 5.74. The van der Waals surface area contributed by atoms with Crippen LogP contribution in [-0.2, 0) is 6.54 Å². The molecular formula is C16H26N2O. The Balaban J connectivity index is 1.85. The number of piperidine rings is 1. The first-order valence-corrected chi connectivity index (χ1v) is 7.25. The smallest absolute Gasteiger partial charge is 0.119 e. The second kappa shape index (κ2) is 6.92. The van der Waals surface area contributed by atoms with Crippen molar-refractivity contribution >= 4 is 0 Å². The summed E-state index contributed by atoms with van der Waals surface area (Å²) in [6, 6.07) is 9.04. The Morgan fingerprint density at radius 3 is 2.74 bits per heavy atom. The Bertz CT molecular complexity index is 386. The standard InChI is InChI=1S/C16H26N2O/c1-13(17-2)15-7-9-18(10-8-15)12-14-5-4-6-16(11-14)19-3/h4-6,11,13,15,17H,7-10,12H2,1-3H3. The first-order chi connectivity index (χ1) is 9.22. The van der Waals surface area contributed by atoms with Gasteiger partial charge in [-0.3, -0.25) is 4.90 Å². The van der Waals surface area contributed by atoms with E-state index in [0.717, 1.165) is 18.2 Å². The van der Waals surface area contributed by atoms with E-state index in [1.165, 1.54) is 31.5 Å². The molecule has 0 spiro atoms. The van der Waals surface area contributed by atoms with Gasteiger partial charge < -0.3 is 10.1 Å². The molecule has 1 aliphatic heterocycles. The highest BCUT2D eigenvalue weighted by molar-refractivity contribution is 5.28. The molecule has 2 rings (SSSR count). The van der Waals surface area contributed by atoms with E-state index in [1.54, 1.807) is 7.11 Å². The third-order valence-corrected chi connectivity index (χ3v) is 4.34. The molecule has 1 unspecified atom stereocenters. The summed E-state index contributed by atoms with van der Waals surface area (Å²) in [6.07, 6.45) is 2.60. The molecule has 1 aromatic rings. The van der Waals surface area contributed by atoms with Gasteiger partial charge >= 0.3 is 0 Å². The summed E-state index contributed by atoms with van der Waals surface area (Å²) >= 11 is 0. The monoisotopic (exact) mass is 262 g/mol. The van der Waals surface area contributed by atoms with Crippen LogP contribution < -0.4 is 10.1 Å². The van der Waals surface area contributed by atoms with Crippen LogP contribution in [0.25, 0.3) is 0 Å². The minimum atomic E-state index is 0.638. The van der Waals surface area contributed by atoms with Gasteiger partial charge in [0.2, 0.25) is 0 Å². The molecule has 106 valence electrons. The first kappa shape index (κ1) is 14.4. The molecule has 19 heavy (non-hydrogen) atoms. The van der Waals surface area contributed by atoms with Crippen LogP contribution in [0.5, 0.6) is 5.75 Å². The van der Waals surface area contributed by atoms with Crippen LogP contribution in [-0.4, -0.2) is 38.2 Å². The Labute approximate surface area is 116 Å². The molecule has 3 nitrogen and oxygen atoms in total. The lowest BCUT2D eigenvalue weighted by molar-refractivity contribution is 0.159. The zero-order valence-electron chi connectivity index (χ0n) is 12.4. The minimum Gasteiger partial charge on any atom is -0.497 e.